The Morgan fingerprint density at radius 3 is 2.40 bits per heavy atom. The maximum Gasteiger partial charge on any atom is 0.127 e. The summed E-state index contributed by atoms with van der Waals surface area (Å²) in [5, 5.41) is 0. The fourth-order valence-electron chi connectivity index (χ4n) is 0.628. The average Bonchev–Trinajstić information content (AvgIpc) is 1.93. The molecule has 0 radical (unpaired) electrons. The largest absolute Gasteiger partial charge is 0.207 e. The smallest absolute Gasteiger partial charge is 0.127 e. The summed E-state index contributed by atoms with van der Waals surface area (Å²) < 4.78 is 14.9. The lowest BCUT2D eigenvalue weighted by Gasteiger charge is -2.00. The summed E-state index contributed by atoms with van der Waals surface area (Å²) in [4.78, 5) is 0. The molecule has 0 amide bonds. The molecular weight excluding hydrogens is 357 g/mol. The number of halogens is 3. The van der Waals surface area contributed by atoms with Gasteiger partial charge in [0.15, 0.2) is 0 Å². The minimum absolute atomic E-state index is 0.121. The minimum atomic E-state index is -0.121. The van der Waals surface area contributed by atoms with Gasteiger partial charge in [0.1, 0.15) is 5.82 Å². The number of benzene rings is 1. The van der Waals surface area contributed by atoms with Gasteiger partial charge in [-0.05, 0) is 69.8 Å². The zero-order valence-corrected chi connectivity index (χ0v) is 9.60. The lowest BCUT2D eigenvalue weighted by atomic mass is 10.2. The molecule has 54 valence electrons. The summed E-state index contributed by atoms with van der Waals surface area (Å²) in [6.45, 7) is 1.79. The van der Waals surface area contributed by atoms with Crippen LogP contribution in [-0.2, 0) is 0 Å². The van der Waals surface area contributed by atoms with Gasteiger partial charge in [-0.2, -0.15) is 0 Å². The van der Waals surface area contributed by atoms with Gasteiger partial charge in [-0.25, -0.2) is 4.39 Å². The topological polar surface area (TPSA) is 0 Å². The molecule has 0 nitrogen and oxygen atoms in total. The molecule has 1 rings (SSSR count). The zero-order chi connectivity index (χ0) is 7.72. The Labute approximate surface area is 86.5 Å². The monoisotopic (exact) mass is 362 g/mol. The Balaban J connectivity index is 3.34. The third kappa shape index (κ3) is 1.61. The normalized spacial score (nSPS) is 10.0. The maximum atomic E-state index is 12.8. The van der Waals surface area contributed by atoms with E-state index in [9.17, 15) is 4.39 Å². The quantitative estimate of drug-likeness (QED) is 0.491. The highest BCUT2D eigenvalue weighted by Crippen LogP contribution is 2.20. The van der Waals surface area contributed by atoms with E-state index in [1.54, 1.807) is 13.0 Å². The van der Waals surface area contributed by atoms with Crippen molar-refractivity contribution >= 4 is 45.2 Å². The van der Waals surface area contributed by atoms with Gasteiger partial charge in [0.2, 0.25) is 0 Å². The van der Waals surface area contributed by atoms with E-state index in [0.717, 1.165) is 12.7 Å². The van der Waals surface area contributed by atoms with E-state index in [1.807, 2.05) is 0 Å². The van der Waals surface area contributed by atoms with Crippen LogP contribution in [0.25, 0.3) is 0 Å². The average molecular weight is 362 g/mol. The van der Waals surface area contributed by atoms with E-state index < -0.39 is 0 Å². The molecular formula is C7H5FI2. The van der Waals surface area contributed by atoms with E-state index >= 15 is 0 Å². The van der Waals surface area contributed by atoms with E-state index in [1.165, 1.54) is 6.07 Å². The molecule has 0 bridgehead atoms. The van der Waals surface area contributed by atoms with Crippen LogP contribution in [0.5, 0.6) is 0 Å². The molecule has 0 aliphatic heterocycles. The highest BCUT2D eigenvalue weighted by molar-refractivity contribution is 14.1. The molecule has 0 unspecified atom stereocenters. The highest BCUT2D eigenvalue weighted by atomic mass is 127. The molecule has 0 fully saturated rings. The van der Waals surface area contributed by atoms with Gasteiger partial charge in [0.25, 0.3) is 0 Å². The Hall–Kier alpha value is 0.610. The predicted molar refractivity (Wildman–Crippen MR) is 56.6 cm³/mol. The molecule has 0 saturated heterocycles. The molecule has 0 aromatic heterocycles. The van der Waals surface area contributed by atoms with Gasteiger partial charge in [-0.15, -0.1) is 0 Å². The molecule has 0 aliphatic carbocycles. The number of rotatable bonds is 0. The van der Waals surface area contributed by atoms with Crippen molar-refractivity contribution in [2.45, 2.75) is 6.92 Å². The molecule has 0 spiro atoms. The Bertz CT molecular complexity index is 231. The van der Waals surface area contributed by atoms with Gasteiger partial charge in [0.05, 0.1) is 0 Å². The number of hydrogen-bond acceptors (Lipinski definition) is 0. The van der Waals surface area contributed by atoms with Crippen LogP contribution in [0.4, 0.5) is 4.39 Å². The van der Waals surface area contributed by atoms with Crippen LogP contribution in [-0.4, -0.2) is 0 Å². The van der Waals surface area contributed by atoms with Crippen molar-refractivity contribution in [3.63, 3.8) is 0 Å². The second-order valence-electron chi connectivity index (χ2n) is 1.97. The molecule has 1 aromatic rings. The van der Waals surface area contributed by atoms with Crippen LogP contribution >= 0.6 is 45.2 Å². The van der Waals surface area contributed by atoms with Gasteiger partial charge in [-0.3, -0.25) is 0 Å². The van der Waals surface area contributed by atoms with Gasteiger partial charge in [-0.1, -0.05) is 0 Å². The van der Waals surface area contributed by atoms with Crippen LogP contribution in [0.2, 0.25) is 0 Å². The first-order chi connectivity index (χ1) is 4.63. The van der Waals surface area contributed by atoms with Crippen molar-refractivity contribution in [3.05, 3.63) is 30.7 Å². The summed E-state index contributed by atoms with van der Waals surface area (Å²) in [7, 11) is 0. The highest BCUT2D eigenvalue weighted by Gasteiger charge is 2.03. The van der Waals surface area contributed by atoms with Gasteiger partial charge in [0, 0.05) is 7.14 Å². The fraction of sp³-hybridized carbons (Fsp3) is 0.143. The third-order valence-corrected chi connectivity index (χ3v) is 4.59. The standard InChI is InChI=1S/C7H5FI2/c1-4-5(8)2-3-6(9)7(4)10/h2-3H,1H3. The minimum Gasteiger partial charge on any atom is -0.207 e. The first-order valence-electron chi connectivity index (χ1n) is 2.73. The summed E-state index contributed by atoms with van der Waals surface area (Å²) in [5.74, 6) is -0.121. The molecule has 10 heavy (non-hydrogen) atoms. The van der Waals surface area contributed by atoms with Crippen molar-refractivity contribution in [2.75, 3.05) is 0 Å². The number of hydrogen-bond donors (Lipinski definition) is 0. The van der Waals surface area contributed by atoms with Gasteiger partial charge >= 0.3 is 0 Å². The van der Waals surface area contributed by atoms with Crippen LogP contribution in [0.15, 0.2) is 12.1 Å². The summed E-state index contributed by atoms with van der Waals surface area (Å²) in [5.41, 5.74) is 0.743. The molecule has 0 aliphatic rings. The predicted octanol–water partition coefficient (Wildman–Crippen LogP) is 3.34. The lowest BCUT2D eigenvalue weighted by molar-refractivity contribution is 0.616. The maximum absolute atomic E-state index is 12.8. The van der Waals surface area contributed by atoms with Crippen molar-refractivity contribution in [1.82, 2.24) is 0 Å². The molecule has 0 atom stereocenters. The van der Waals surface area contributed by atoms with Crippen molar-refractivity contribution < 1.29 is 4.39 Å². The Morgan fingerprint density at radius 1 is 1.30 bits per heavy atom. The summed E-state index contributed by atoms with van der Waals surface area (Å²) in [6, 6.07) is 3.28. The van der Waals surface area contributed by atoms with Crippen LogP contribution in [0, 0.1) is 19.9 Å². The van der Waals surface area contributed by atoms with Crippen molar-refractivity contribution in [3.8, 4) is 0 Å². The molecule has 3 heteroatoms. The second kappa shape index (κ2) is 3.34. The van der Waals surface area contributed by atoms with E-state index in [-0.39, 0.29) is 5.82 Å². The summed E-state index contributed by atoms with van der Waals surface area (Å²) >= 11 is 4.34. The first-order valence-corrected chi connectivity index (χ1v) is 4.89. The molecule has 0 N–H and O–H groups in total. The Morgan fingerprint density at radius 2 is 1.90 bits per heavy atom. The first kappa shape index (κ1) is 8.70. The van der Waals surface area contributed by atoms with Crippen molar-refractivity contribution in [2.24, 2.45) is 0 Å². The fourth-order valence-corrected chi connectivity index (χ4v) is 1.65. The van der Waals surface area contributed by atoms with Crippen LogP contribution < -0.4 is 0 Å². The lowest BCUT2D eigenvalue weighted by Crippen LogP contribution is -1.89. The Kier molecular flexibility index (Phi) is 2.91. The van der Waals surface area contributed by atoms with E-state index in [0.29, 0.717) is 0 Å². The summed E-state index contributed by atoms with van der Waals surface area (Å²) in [6.07, 6.45) is 0. The zero-order valence-electron chi connectivity index (χ0n) is 5.29. The third-order valence-electron chi connectivity index (χ3n) is 1.27. The van der Waals surface area contributed by atoms with Crippen molar-refractivity contribution in [1.29, 1.82) is 0 Å². The molecule has 0 saturated carbocycles. The van der Waals surface area contributed by atoms with E-state index in [2.05, 4.69) is 45.2 Å². The van der Waals surface area contributed by atoms with Crippen LogP contribution in [0.3, 0.4) is 0 Å². The van der Waals surface area contributed by atoms with Crippen LogP contribution in [0.1, 0.15) is 5.56 Å². The molecule has 1 aromatic carbocycles. The molecule has 0 heterocycles. The van der Waals surface area contributed by atoms with Gasteiger partial charge < -0.3 is 0 Å². The SMILES string of the molecule is Cc1c(F)ccc(I)c1I. The van der Waals surface area contributed by atoms with E-state index in [4.69, 9.17) is 0 Å². The second-order valence-corrected chi connectivity index (χ2v) is 4.21.